The van der Waals surface area contributed by atoms with Crippen molar-refractivity contribution in [1.82, 2.24) is 10.3 Å². The van der Waals surface area contributed by atoms with Crippen molar-refractivity contribution in [3.63, 3.8) is 0 Å². The minimum Gasteiger partial charge on any atom is -0.497 e. The average Bonchev–Trinajstić information content (AvgIpc) is 2.93. The molecular weight excluding hydrogens is 246 g/mol. The third-order valence-electron chi connectivity index (χ3n) is 2.68. The van der Waals surface area contributed by atoms with Crippen LogP contribution in [-0.2, 0) is 0 Å². The molecule has 1 heterocycles. The van der Waals surface area contributed by atoms with Crippen molar-refractivity contribution >= 4 is 17.0 Å². The first kappa shape index (κ1) is 12.7. The van der Waals surface area contributed by atoms with E-state index >= 15 is 0 Å². The smallest absolute Gasteiger partial charge is 0.118 e. The molecule has 2 aromatic rings. The Kier molecular flexibility index (Phi) is 4.07. The van der Waals surface area contributed by atoms with Crippen LogP contribution in [0.25, 0.3) is 0 Å². The fourth-order valence-electron chi connectivity index (χ4n) is 1.71. The van der Waals surface area contributed by atoms with Crippen molar-refractivity contribution in [2.75, 3.05) is 14.2 Å². The number of methoxy groups -OCH3 is 1. The highest BCUT2D eigenvalue weighted by Crippen LogP contribution is 2.21. The summed E-state index contributed by atoms with van der Waals surface area (Å²) in [4.78, 5) is 4.26. The van der Waals surface area contributed by atoms with Crippen molar-refractivity contribution in [3.05, 3.63) is 46.4 Å². The van der Waals surface area contributed by atoms with Crippen LogP contribution in [0.1, 0.15) is 16.6 Å². The van der Waals surface area contributed by atoms with Gasteiger partial charge in [0.2, 0.25) is 0 Å². The van der Waals surface area contributed by atoms with Gasteiger partial charge in [-0.05, 0) is 36.9 Å². The molecule has 5 heteroatoms. The van der Waals surface area contributed by atoms with E-state index in [9.17, 15) is 0 Å². The van der Waals surface area contributed by atoms with Gasteiger partial charge in [-0.1, -0.05) is 0 Å². The maximum atomic E-state index is 8.25. The molecule has 0 spiro atoms. The first-order valence-electron chi connectivity index (χ1n) is 5.55. The van der Waals surface area contributed by atoms with Gasteiger partial charge >= 0.3 is 0 Å². The topological polar surface area (TPSA) is 58.0 Å². The lowest BCUT2D eigenvalue weighted by Crippen LogP contribution is -2.25. The Bertz CT molecular complexity index is 508. The van der Waals surface area contributed by atoms with E-state index in [0.717, 1.165) is 16.3 Å². The van der Waals surface area contributed by atoms with Crippen LogP contribution in [-0.4, -0.2) is 24.9 Å². The Morgan fingerprint density at radius 2 is 2.11 bits per heavy atom. The molecule has 0 radical (unpaired) electrons. The summed E-state index contributed by atoms with van der Waals surface area (Å²) in [7, 11) is 3.47. The van der Waals surface area contributed by atoms with Crippen LogP contribution in [0.4, 0.5) is 0 Å². The number of likely N-dealkylation sites (N-methyl/N-ethyl adjacent to an activating group) is 1. The number of hydrogen-bond acceptors (Lipinski definition) is 5. The third-order valence-corrected chi connectivity index (χ3v) is 3.52. The van der Waals surface area contributed by atoms with Gasteiger partial charge in [-0.15, -0.1) is 11.3 Å². The number of thiazole rings is 1. The number of rotatable bonds is 5. The highest BCUT2D eigenvalue weighted by atomic mass is 32.1. The fourth-order valence-corrected chi connectivity index (χ4v) is 2.46. The standard InChI is InChI=1S/C13H15N3OS/c1-15-12(13-16-7-8-18-13)11(14)9-3-5-10(17-2)6-4-9/h3-8,12,14-15H,1-2H3. The monoisotopic (exact) mass is 261 g/mol. The summed E-state index contributed by atoms with van der Waals surface area (Å²) in [5.41, 5.74) is 1.38. The van der Waals surface area contributed by atoms with Crippen LogP contribution in [0.15, 0.2) is 35.8 Å². The summed E-state index contributed by atoms with van der Waals surface area (Å²) in [5, 5.41) is 14.2. The zero-order valence-electron chi connectivity index (χ0n) is 10.3. The zero-order chi connectivity index (χ0) is 13.0. The second-order valence-electron chi connectivity index (χ2n) is 3.73. The molecule has 0 bridgehead atoms. The number of nitrogens with zero attached hydrogens (tertiary/aromatic N) is 1. The number of benzene rings is 1. The summed E-state index contributed by atoms with van der Waals surface area (Å²) >= 11 is 1.55. The maximum Gasteiger partial charge on any atom is 0.118 e. The molecule has 0 aliphatic heterocycles. The molecule has 2 rings (SSSR count). The summed E-state index contributed by atoms with van der Waals surface area (Å²) in [6.07, 6.45) is 1.76. The average molecular weight is 261 g/mol. The summed E-state index contributed by atoms with van der Waals surface area (Å²) < 4.78 is 5.11. The van der Waals surface area contributed by atoms with Gasteiger partial charge < -0.3 is 15.5 Å². The van der Waals surface area contributed by atoms with E-state index in [1.54, 1.807) is 24.6 Å². The lowest BCUT2D eigenvalue weighted by molar-refractivity contribution is 0.415. The number of ether oxygens (including phenoxy) is 1. The predicted octanol–water partition coefficient (Wildman–Crippen LogP) is 2.48. The minimum atomic E-state index is -0.168. The molecule has 1 atom stereocenters. The first-order chi connectivity index (χ1) is 8.76. The zero-order valence-corrected chi connectivity index (χ0v) is 11.1. The van der Waals surface area contributed by atoms with Crippen LogP contribution >= 0.6 is 11.3 Å². The molecule has 0 fully saturated rings. The van der Waals surface area contributed by atoms with Gasteiger partial charge in [0.1, 0.15) is 16.8 Å². The van der Waals surface area contributed by atoms with Crippen molar-refractivity contribution in [1.29, 1.82) is 5.41 Å². The Labute approximate surface area is 110 Å². The molecule has 0 saturated heterocycles. The van der Waals surface area contributed by atoms with Crippen LogP contribution in [0, 0.1) is 5.41 Å². The Morgan fingerprint density at radius 1 is 1.39 bits per heavy atom. The SMILES string of the molecule is CNC(C(=N)c1ccc(OC)cc1)c1nccs1. The van der Waals surface area contributed by atoms with Crippen molar-refractivity contribution in [2.24, 2.45) is 0 Å². The summed E-state index contributed by atoms with van der Waals surface area (Å²) in [5.74, 6) is 0.793. The Hall–Kier alpha value is -1.72. The molecule has 4 nitrogen and oxygen atoms in total. The van der Waals surface area contributed by atoms with E-state index in [1.165, 1.54) is 0 Å². The van der Waals surface area contributed by atoms with Gasteiger partial charge in [0.05, 0.1) is 12.8 Å². The van der Waals surface area contributed by atoms with E-state index in [-0.39, 0.29) is 6.04 Å². The van der Waals surface area contributed by atoms with Crippen LogP contribution in [0.3, 0.4) is 0 Å². The van der Waals surface area contributed by atoms with E-state index in [4.69, 9.17) is 10.1 Å². The van der Waals surface area contributed by atoms with Crippen molar-refractivity contribution < 1.29 is 4.74 Å². The van der Waals surface area contributed by atoms with E-state index in [0.29, 0.717) is 5.71 Å². The molecule has 1 aromatic heterocycles. The molecule has 18 heavy (non-hydrogen) atoms. The summed E-state index contributed by atoms with van der Waals surface area (Å²) in [6.45, 7) is 0. The lowest BCUT2D eigenvalue weighted by Gasteiger charge is -2.15. The molecule has 94 valence electrons. The lowest BCUT2D eigenvalue weighted by atomic mass is 10.0. The van der Waals surface area contributed by atoms with E-state index < -0.39 is 0 Å². The predicted molar refractivity (Wildman–Crippen MR) is 73.7 cm³/mol. The van der Waals surface area contributed by atoms with E-state index in [2.05, 4.69) is 10.3 Å². The molecule has 0 saturated carbocycles. The normalized spacial score (nSPS) is 12.1. The number of aromatic nitrogens is 1. The summed E-state index contributed by atoms with van der Waals surface area (Å²) in [6, 6.07) is 7.33. The second kappa shape index (κ2) is 5.75. The quantitative estimate of drug-likeness (QED) is 0.813. The van der Waals surface area contributed by atoms with Crippen molar-refractivity contribution in [3.8, 4) is 5.75 Å². The highest BCUT2D eigenvalue weighted by Gasteiger charge is 2.18. The highest BCUT2D eigenvalue weighted by molar-refractivity contribution is 7.09. The van der Waals surface area contributed by atoms with Gasteiger partial charge in [0.15, 0.2) is 0 Å². The molecule has 1 aromatic carbocycles. The third kappa shape index (κ3) is 2.57. The Morgan fingerprint density at radius 3 is 2.61 bits per heavy atom. The molecule has 1 unspecified atom stereocenters. The van der Waals surface area contributed by atoms with Gasteiger partial charge in [-0.2, -0.15) is 0 Å². The molecule has 2 N–H and O–H groups in total. The van der Waals surface area contributed by atoms with Crippen LogP contribution < -0.4 is 10.1 Å². The van der Waals surface area contributed by atoms with E-state index in [1.807, 2.05) is 36.7 Å². The molecule has 0 aliphatic rings. The fraction of sp³-hybridized carbons (Fsp3) is 0.231. The van der Waals surface area contributed by atoms with Crippen molar-refractivity contribution in [2.45, 2.75) is 6.04 Å². The van der Waals surface area contributed by atoms with Gasteiger partial charge in [0, 0.05) is 11.6 Å². The largest absolute Gasteiger partial charge is 0.497 e. The van der Waals surface area contributed by atoms with Gasteiger partial charge in [0.25, 0.3) is 0 Å². The second-order valence-corrected chi connectivity index (χ2v) is 4.66. The molecular formula is C13H15N3OS. The van der Waals surface area contributed by atoms with Crippen LogP contribution in [0.5, 0.6) is 5.75 Å². The Balaban J connectivity index is 2.23. The minimum absolute atomic E-state index is 0.168. The van der Waals surface area contributed by atoms with Crippen LogP contribution in [0.2, 0.25) is 0 Å². The number of nitrogens with one attached hydrogen (secondary N) is 2. The molecule has 0 amide bonds. The van der Waals surface area contributed by atoms with Gasteiger partial charge in [-0.25, -0.2) is 4.98 Å². The molecule has 0 aliphatic carbocycles. The first-order valence-corrected chi connectivity index (χ1v) is 6.43. The number of hydrogen-bond donors (Lipinski definition) is 2. The van der Waals surface area contributed by atoms with Gasteiger partial charge in [-0.3, -0.25) is 0 Å². The maximum absolute atomic E-state index is 8.25.